The maximum Gasteiger partial charge on any atom is 0.116 e. The Balaban J connectivity index is 2.87. The van der Waals surface area contributed by atoms with Gasteiger partial charge < -0.3 is 10.2 Å². The average Bonchev–Trinajstić information content (AvgIpc) is 2.20. The smallest absolute Gasteiger partial charge is 0.116 e. The third-order valence-corrected chi connectivity index (χ3v) is 2.33. The van der Waals surface area contributed by atoms with E-state index in [0.29, 0.717) is 0 Å². The lowest BCUT2D eigenvalue weighted by atomic mass is 10.4. The summed E-state index contributed by atoms with van der Waals surface area (Å²) in [6.45, 7) is 4.02. The molecular formula is C7H11NOS. The Morgan fingerprint density at radius 3 is 2.80 bits per heavy atom. The van der Waals surface area contributed by atoms with Crippen molar-refractivity contribution in [3.8, 4) is 0 Å². The first kappa shape index (κ1) is 7.54. The van der Waals surface area contributed by atoms with Crippen molar-refractivity contribution in [2.45, 2.75) is 18.7 Å². The van der Waals surface area contributed by atoms with E-state index in [1.807, 2.05) is 6.92 Å². The van der Waals surface area contributed by atoms with Gasteiger partial charge in [0, 0.05) is 0 Å². The lowest BCUT2D eigenvalue weighted by Crippen LogP contribution is -1.83. The first-order chi connectivity index (χ1) is 4.75. The van der Waals surface area contributed by atoms with Gasteiger partial charge in [-0.25, -0.2) is 0 Å². The molecule has 1 aromatic heterocycles. The molecule has 0 aliphatic rings. The normalized spacial score (nSPS) is 10.2. The molecule has 0 saturated carbocycles. The summed E-state index contributed by atoms with van der Waals surface area (Å²) in [5, 5.41) is 0. The molecule has 1 heterocycles. The second kappa shape index (κ2) is 3.01. The van der Waals surface area contributed by atoms with Gasteiger partial charge in [-0.1, -0.05) is 6.92 Å². The van der Waals surface area contributed by atoms with Gasteiger partial charge in [0.2, 0.25) is 0 Å². The topological polar surface area (TPSA) is 39.2 Å². The summed E-state index contributed by atoms with van der Waals surface area (Å²) < 4.78 is 5.10. The second-order valence-corrected chi connectivity index (χ2v) is 3.28. The van der Waals surface area contributed by atoms with E-state index in [1.54, 1.807) is 18.0 Å². The summed E-state index contributed by atoms with van der Waals surface area (Å²) >= 11 is 1.72. The zero-order chi connectivity index (χ0) is 7.56. The molecule has 0 aliphatic heterocycles. The van der Waals surface area contributed by atoms with Gasteiger partial charge in [0.15, 0.2) is 0 Å². The number of anilines is 1. The van der Waals surface area contributed by atoms with Crippen LogP contribution in [0.15, 0.2) is 15.6 Å². The van der Waals surface area contributed by atoms with Gasteiger partial charge in [0.05, 0.1) is 10.6 Å². The molecule has 0 radical (unpaired) electrons. The monoisotopic (exact) mass is 157 g/mol. The van der Waals surface area contributed by atoms with Crippen LogP contribution in [0.3, 0.4) is 0 Å². The fourth-order valence-electron chi connectivity index (χ4n) is 0.791. The van der Waals surface area contributed by atoms with E-state index in [2.05, 4.69) is 6.92 Å². The van der Waals surface area contributed by atoms with Crippen molar-refractivity contribution >= 4 is 17.4 Å². The number of thioether (sulfide) groups is 1. The number of nitrogens with two attached hydrogens (primary N) is 1. The first-order valence-electron chi connectivity index (χ1n) is 3.22. The lowest BCUT2D eigenvalue weighted by molar-refractivity contribution is 0.527. The highest BCUT2D eigenvalue weighted by molar-refractivity contribution is 7.99. The van der Waals surface area contributed by atoms with Crippen LogP contribution in [0.2, 0.25) is 0 Å². The van der Waals surface area contributed by atoms with Crippen molar-refractivity contribution in [2.24, 2.45) is 0 Å². The van der Waals surface area contributed by atoms with Crippen LogP contribution >= 0.6 is 11.8 Å². The molecule has 0 fully saturated rings. The highest BCUT2D eigenvalue weighted by atomic mass is 32.2. The van der Waals surface area contributed by atoms with Crippen LogP contribution in [-0.4, -0.2) is 5.75 Å². The molecule has 0 spiro atoms. The number of hydrogen-bond acceptors (Lipinski definition) is 3. The number of hydrogen-bond donors (Lipinski definition) is 1. The molecule has 0 atom stereocenters. The maximum absolute atomic E-state index is 5.61. The van der Waals surface area contributed by atoms with Gasteiger partial charge in [-0.3, -0.25) is 0 Å². The number of rotatable bonds is 2. The van der Waals surface area contributed by atoms with E-state index in [0.717, 1.165) is 22.1 Å². The number of furan rings is 1. The minimum atomic E-state index is 0.754. The minimum Gasteiger partial charge on any atom is -0.466 e. The van der Waals surface area contributed by atoms with Gasteiger partial charge in [-0.05, 0) is 12.7 Å². The van der Waals surface area contributed by atoms with Crippen LogP contribution < -0.4 is 5.73 Å². The Kier molecular flexibility index (Phi) is 2.27. The molecule has 1 rings (SSSR count). The zero-order valence-electron chi connectivity index (χ0n) is 6.18. The SMILES string of the molecule is CCSc1c(N)coc1C. The highest BCUT2D eigenvalue weighted by Gasteiger charge is 2.05. The Labute approximate surface area is 64.8 Å². The van der Waals surface area contributed by atoms with E-state index in [9.17, 15) is 0 Å². The molecule has 0 aliphatic carbocycles. The standard InChI is InChI=1S/C7H11NOS/c1-3-10-7-5(2)9-4-6(7)8/h4H,3,8H2,1-2H3. The Bertz CT molecular complexity index is 200. The molecule has 3 heteroatoms. The summed E-state index contributed by atoms with van der Waals surface area (Å²) in [5.41, 5.74) is 6.37. The minimum absolute atomic E-state index is 0.754. The highest BCUT2D eigenvalue weighted by Crippen LogP contribution is 2.29. The predicted molar refractivity (Wildman–Crippen MR) is 44.3 cm³/mol. The van der Waals surface area contributed by atoms with Crippen molar-refractivity contribution in [1.29, 1.82) is 0 Å². The summed E-state index contributed by atoms with van der Waals surface area (Å²) in [6, 6.07) is 0. The van der Waals surface area contributed by atoms with E-state index < -0.39 is 0 Å². The molecule has 10 heavy (non-hydrogen) atoms. The third kappa shape index (κ3) is 1.29. The second-order valence-electron chi connectivity index (χ2n) is 2.01. The molecule has 1 aromatic rings. The third-order valence-electron chi connectivity index (χ3n) is 1.23. The van der Waals surface area contributed by atoms with Gasteiger partial charge in [-0.15, -0.1) is 11.8 Å². The molecule has 0 amide bonds. The first-order valence-corrected chi connectivity index (χ1v) is 4.20. The number of aryl methyl sites for hydroxylation is 1. The van der Waals surface area contributed by atoms with Crippen molar-refractivity contribution < 1.29 is 4.42 Å². The molecule has 0 aromatic carbocycles. The van der Waals surface area contributed by atoms with Crippen LogP contribution in [0.25, 0.3) is 0 Å². The Morgan fingerprint density at radius 2 is 2.40 bits per heavy atom. The van der Waals surface area contributed by atoms with E-state index in [4.69, 9.17) is 10.2 Å². The quantitative estimate of drug-likeness (QED) is 0.669. The summed E-state index contributed by atoms with van der Waals surface area (Å²) in [7, 11) is 0. The summed E-state index contributed by atoms with van der Waals surface area (Å²) in [5.74, 6) is 1.95. The van der Waals surface area contributed by atoms with Gasteiger partial charge in [-0.2, -0.15) is 0 Å². The van der Waals surface area contributed by atoms with Gasteiger partial charge in [0.25, 0.3) is 0 Å². The summed E-state index contributed by atoms with van der Waals surface area (Å²) in [6.07, 6.45) is 1.59. The molecule has 2 nitrogen and oxygen atoms in total. The van der Waals surface area contributed by atoms with Crippen LogP contribution in [-0.2, 0) is 0 Å². The fraction of sp³-hybridized carbons (Fsp3) is 0.429. The van der Waals surface area contributed by atoms with Gasteiger partial charge in [0.1, 0.15) is 12.0 Å². The van der Waals surface area contributed by atoms with Crippen molar-refractivity contribution in [2.75, 3.05) is 11.5 Å². The lowest BCUT2D eigenvalue weighted by Gasteiger charge is -1.94. The zero-order valence-corrected chi connectivity index (χ0v) is 6.99. The van der Waals surface area contributed by atoms with Crippen molar-refractivity contribution in [3.05, 3.63) is 12.0 Å². The van der Waals surface area contributed by atoms with Crippen molar-refractivity contribution in [3.63, 3.8) is 0 Å². The molecule has 56 valence electrons. The van der Waals surface area contributed by atoms with Crippen molar-refractivity contribution in [1.82, 2.24) is 0 Å². The van der Waals surface area contributed by atoms with E-state index in [-0.39, 0.29) is 0 Å². The van der Waals surface area contributed by atoms with E-state index >= 15 is 0 Å². The molecule has 0 unspecified atom stereocenters. The predicted octanol–water partition coefficient (Wildman–Crippen LogP) is 2.28. The van der Waals surface area contributed by atoms with E-state index in [1.165, 1.54) is 0 Å². The van der Waals surface area contributed by atoms with Crippen LogP contribution in [0, 0.1) is 6.92 Å². The molecular weight excluding hydrogens is 146 g/mol. The largest absolute Gasteiger partial charge is 0.466 e. The number of nitrogen functional groups attached to an aromatic ring is 1. The van der Waals surface area contributed by atoms with Crippen LogP contribution in [0.1, 0.15) is 12.7 Å². The Hall–Kier alpha value is -0.570. The maximum atomic E-state index is 5.61. The van der Waals surface area contributed by atoms with Crippen LogP contribution in [0.5, 0.6) is 0 Å². The molecule has 0 saturated heterocycles. The fourth-order valence-corrected chi connectivity index (χ4v) is 1.55. The molecule has 2 N–H and O–H groups in total. The average molecular weight is 157 g/mol. The molecule has 0 bridgehead atoms. The summed E-state index contributed by atoms with van der Waals surface area (Å²) in [4.78, 5) is 1.09. The van der Waals surface area contributed by atoms with Crippen LogP contribution in [0.4, 0.5) is 5.69 Å². The van der Waals surface area contributed by atoms with Gasteiger partial charge >= 0.3 is 0 Å². The Morgan fingerprint density at radius 1 is 1.70 bits per heavy atom.